The number of aromatic nitrogens is 1. The molecule has 0 saturated heterocycles. The van der Waals surface area contributed by atoms with Gasteiger partial charge in [0.25, 0.3) is 0 Å². The molecule has 0 aromatic carbocycles. The highest BCUT2D eigenvalue weighted by atomic mass is 32.1. The van der Waals surface area contributed by atoms with Crippen LogP contribution in [-0.4, -0.2) is 17.2 Å². The van der Waals surface area contributed by atoms with Crippen LogP contribution in [0.2, 0.25) is 0 Å². The largest absolute Gasteiger partial charge is 0.469 e. The van der Waals surface area contributed by atoms with Crippen molar-refractivity contribution in [1.29, 1.82) is 0 Å². The van der Waals surface area contributed by atoms with Crippen molar-refractivity contribution in [3.05, 3.63) is 41.8 Å². The Bertz CT molecular complexity index is 368. The number of aliphatic imine (C=N–C) groups is 1. The van der Waals surface area contributed by atoms with Gasteiger partial charge in [-0.15, -0.1) is 11.3 Å². The summed E-state index contributed by atoms with van der Waals surface area (Å²) in [5.74, 6) is 0.597. The van der Waals surface area contributed by atoms with E-state index in [0.29, 0.717) is 12.3 Å². The van der Waals surface area contributed by atoms with Gasteiger partial charge in [0, 0.05) is 11.6 Å². The Morgan fingerprint density at radius 1 is 1.69 bits per heavy atom. The van der Waals surface area contributed by atoms with Gasteiger partial charge < -0.3 is 4.74 Å². The fraction of sp³-hybridized carbons (Fsp3) is 0.333. The first-order valence-electron chi connectivity index (χ1n) is 5.16. The fourth-order valence-corrected chi connectivity index (χ4v) is 1.87. The van der Waals surface area contributed by atoms with E-state index in [-0.39, 0.29) is 0 Å². The average Bonchev–Trinajstić information content (AvgIpc) is 2.78. The van der Waals surface area contributed by atoms with Crippen molar-refractivity contribution in [3.63, 3.8) is 0 Å². The lowest BCUT2D eigenvalue weighted by atomic mass is 10.2. The van der Waals surface area contributed by atoms with Crippen LogP contribution in [0.3, 0.4) is 0 Å². The molecule has 1 aromatic rings. The first-order chi connectivity index (χ1) is 7.77. The summed E-state index contributed by atoms with van der Waals surface area (Å²) in [4.78, 5) is 8.72. The van der Waals surface area contributed by atoms with Gasteiger partial charge in [0.2, 0.25) is 0 Å². The van der Waals surface area contributed by atoms with E-state index < -0.39 is 0 Å². The quantitative estimate of drug-likeness (QED) is 0.537. The molecule has 0 radical (unpaired) electrons. The van der Waals surface area contributed by atoms with Crippen LogP contribution in [-0.2, 0) is 4.74 Å². The molecule has 0 atom stereocenters. The Morgan fingerprint density at radius 2 is 2.50 bits per heavy atom. The van der Waals surface area contributed by atoms with E-state index in [1.807, 2.05) is 5.38 Å². The Hall–Kier alpha value is -1.42. The van der Waals surface area contributed by atoms with Crippen LogP contribution >= 0.6 is 11.3 Å². The minimum Gasteiger partial charge on any atom is -0.469 e. The highest BCUT2D eigenvalue weighted by molar-refractivity contribution is 7.11. The number of hydrogen-bond donors (Lipinski definition) is 0. The second-order valence-electron chi connectivity index (χ2n) is 3.17. The second-order valence-corrected chi connectivity index (χ2v) is 4.07. The van der Waals surface area contributed by atoms with E-state index in [4.69, 9.17) is 4.74 Å². The highest BCUT2D eigenvalue weighted by Crippen LogP contribution is 2.11. The Labute approximate surface area is 100 Å². The monoisotopic (exact) mass is 236 g/mol. The maximum Gasteiger partial charge on any atom is 0.137 e. The third-order valence-corrected chi connectivity index (χ3v) is 2.68. The van der Waals surface area contributed by atoms with Gasteiger partial charge >= 0.3 is 0 Å². The molecule has 1 rings (SSSR count). The zero-order valence-electron chi connectivity index (χ0n) is 9.48. The standard InChI is InChI=1S/C12H16N2OS/c1-4-6-11(12-13-7-8-16-12)14-9-10(3)15-5-2/h5,7-8H,2-4,6,9H2,1H3/b14-11+. The lowest BCUT2D eigenvalue weighted by Gasteiger charge is -2.03. The van der Waals surface area contributed by atoms with Gasteiger partial charge in [-0.1, -0.05) is 26.5 Å². The molecule has 0 aliphatic carbocycles. The van der Waals surface area contributed by atoms with Crippen LogP contribution in [0.25, 0.3) is 0 Å². The number of hydrogen-bond acceptors (Lipinski definition) is 4. The summed E-state index contributed by atoms with van der Waals surface area (Å²) in [7, 11) is 0. The van der Waals surface area contributed by atoms with Crippen LogP contribution in [0.1, 0.15) is 24.8 Å². The average molecular weight is 236 g/mol. The summed E-state index contributed by atoms with van der Waals surface area (Å²) in [5, 5.41) is 2.93. The molecular weight excluding hydrogens is 220 g/mol. The predicted octanol–water partition coefficient (Wildman–Crippen LogP) is 3.41. The minimum atomic E-state index is 0.459. The van der Waals surface area contributed by atoms with E-state index in [2.05, 4.69) is 30.1 Å². The van der Waals surface area contributed by atoms with Crippen molar-refractivity contribution in [2.45, 2.75) is 19.8 Å². The summed E-state index contributed by atoms with van der Waals surface area (Å²) in [5.41, 5.74) is 1.02. The van der Waals surface area contributed by atoms with Gasteiger partial charge in [-0.25, -0.2) is 4.98 Å². The first-order valence-corrected chi connectivity index (χ1v) is 6.04. The summed E-state index contributed by atoms with van der Waals surface area (Å²) >= 11 is 1.60. The zero-order valence-corrected chi connectivity index (χ0v) is 10.3. The molecule has 0 amide bonds. The molecule has 4 heteroatoms. The van der Waals surface area contributed by atoms with E-state index in [1.54, 1.807) is 17.5 Å². The molecular formula is C12H16N2OS. The topological polar surface area (TPSA) is 34.5 Å². The van der Waals surface area contributed by atoms with E-state index >= 15 is 0 Å². The molecule has 1 aromatic heterocycles. The molecule has 3 nitrogen and oxygen atoms in total. The SMILES string of the molecule is C=COC(=C)C/N=C(\CCC)c1nccs1. The van der Waals surface area contributed by atoms with Gasteiger partial charge in [0.05, 0.1) is 18.5 Å². The molecule has 0 bridgehead atoms. The Morgan fingerprint density at radius 3 is 3.06 bits per heavy atom. The van der Waals surface area contributed by atoms with Gasteiger partial charge in [0.1, 0.15) is 10.8 Å². The van der Waals surface area contributed by atoms with E-state index in [0.717, 1.165) is 23.6 Å². The summed E-state index contributed by atoms with van der Waals surface area (Å²) in [6.07, 6.45) is 5.13. The summed E-state index contributed by atoms with van der Waals surface area (Å²) in [6, 6.07) is 0. The van der Waals surface area contributed by atoms with E-state index in [1.165, 1.54) is 6.26 Å². The first kappa shape index (κ1) is 12.6. The van der Waals surface area contributed by atoms with Gasteiger partial charge in [-0.2, -0.15) is 0 Å². The van der Waals surface area contributed by atoms with E-state index in [9.17, 15) is 0 Å². The summed E-state index contributed by atoms with van der Waals surface area (Å²) < 4.78 is 5.03. The molecule has 16 heavy (non-hydrogen) atoms. The van der Waals surface area contributed by atoms with Crippen molar-refractivity contribution in [3.8, 4) is 0 Å². The van der Waals surface area contributed by atoms with Crippen LogP contribution in [0, 0.1) is 0 Å². The molecule has 0 saturated carbocycles. The van der Waals surface area contributed by atoms with Crippen LogP contribution in [0.4, 0.5) is 0 Å². The third kappa shape index (κ3) is 3.98. The number of thiazole rings is 1. The molecule has 1 heterocycles. The van der Waals surface area contributed by atoms with Crippen molar-refractivity contribution in [2.24, 2.45) is 4.99 Å². The lowest BCUT2D eigenvalue weighted by molar-refractivity contribution is 0.349. The van der Waals surface area contributed by atoms with Crippen LogP contribution in [0.5, 0.6) is 0 Å². The van der Waals surface area contributed by atoms with Crippen molar-refractivity contribution in [1.82, 2.24) is 4.98 Å². The zero-order chi connectivity index (χ0) is 11.8. The van der Waals surface area contributed by atoms with Crippen molar-refractivity contribution >= 4 is 17.0 Å². The molecule has 0 unspecified atom stereocenters. The molecule has 0 aliphatic heterocycles. The van der Waals surface area contributed by atoms with Crippen LogP contribution in [0.15, 0.2) is 41.7 Å². The number of nitrogens with zero attached hydrogens (tertiary/aromatic N) is 2. The predicted molar refractivity (Wildman–Crippen MR) is 68.8 cm³/mol. The molecule has 0 N–H and O–H groups in total. The smallest absolute Gasteiger partial charge is 0.137 e. The number of rotatable bonds is 7. The second kappa shape index (κ2) is 6.95. The van der Waals surface area contributed by atoms with Gasteiger partial charge in [0.15, 0.2) is 0 Å². The molecule has 0 fully saturated rings. The third-order valence-electron chi connectivity index (χ3n) is 1.86. The maximum atomic E-state index is 5.03. The fourth-order valence-electron chi connectivity index (χ4n) is 1.20. The molecule has 86 valence electrons. The maximum absolute atomic E-state index is 5.03. The Kier molecular flexibility index (Phi) is 5.50. The molecule has 0 spiro atoms. The summed E-state index contributed by atoms with van der Waals surface area (Å²) in [6.45, 7) is 9.79. The highest BCUT2D eigenvalue weighted by Gasteiger charge is 2.05. The van der Waals surface area contributed by atoms with Gasteiger partial charge in [-0.05, 0) is 6.42 Å². The van der Waals surface area contributed by atoms with Crippen LogP contribution < -0.4 is 0 Å². The number of ether oxygens (including phenoxy) is 1. The molecule has 0 aliphatic rings. The van der Waals surface area contributed by atoms with Crippen molar-refractivity contribution < 1.29 is 4.74 Å². The van der Waals surface area contributed by atoms with Crippen molar-refractivity contribution in [2.75, 3.05) is 6.54 Å². The normalized spacial score (nSPS) is 11.2. The minimum absolute atomic E-state index is 0.459. The van der Waals surface area contributed by atoms with Gasteiger partial charge in [-0.3, -0.25) is 4.99 Å². The Balaban J connectivity index is 2.66. The lowest BCUT2D eigenvalue weighted by Crippen LogP contribution is -2.02.